The van der Waals surface area contributed by atoms with Crippen LogP contribution in [0.1, 0.15) is 0 Å². The molecule has 0 rings (SSSR count). The summed E-state index contributed by atoms with van der Waals surface area (Å²) in [6.45, 7) is 0.0877. The lowest BCUT2D eigenvalue weighted by Gasteiger charge is -1.91. The zero-order valence-corrected chi connectivity index (χ0v) is 5.94. The molecule has 0 radical (unpaired) electrons. The van der Waals surface area contributed by atoms with E-state index in [0.29, 0.717) is 0 Å². The predicted octanol–water partition coefficient (Wildman–Crippen LogP) is 0.758. The van der Waals surface area contributed by atoms with Gasteiger partial charge in [-0.05, 0) is 0 Å². The minimum Gasteiger partial charge on any atom is -0.446 e. The molecule has 0 aliphatic carbocycles. The maximum absolute atomic E-state index is 10.1. The third kappa shape index (κ3) is 5.45. The first-order chi connectivity index (χ1) is 4.31. The minimum absolute atomic E-state index is 0.0877. The van der Waals surface area contributed by atoms with Gasteiger partial charge in [0.15, 0.2) is 0 Å². The largest absolute Gasteiger partial charge is 0.447 e. The van der Waals surface area contributed by atoms with Crippen LogP contribution in [0.15, 0.2) is 4.36 Å². The van der Waals surface area contributed by atoms with Crippen LogP contribution in [0.4, 0.5) is 4.79 Å². The zero-order valence-electron chi connectivity index (χ0n) is 4.37. The molecular formula is C3H4ClNO3S. The fraction of sp³-hybridized carbons (Fsp3) is 0.667. The first-order valence-electron chi connectivity index (χ1n) is 2.04. The fourth-order valence-electron chi connectivity index (χ4n) is 0.183. The number of alkyl halides is 1. The van der Waals surface area contributed by atoms with Crippen molar-refractivity contribution >= 4 is 29.2 Å². The molecule has 6 heteroatoms. The minimum atomic E-state index is -0.879. The lowest BCUT2D eigenvalue weighted by atomic mass is 10.9. The van der Waals surface area contributed by atoms with Crippen LogP contribution >= 0.6 is 11.6 Å². The average Bonchev–Trinajstić information content (AvgIpc) is 1.85. The maximum Gasteiger partial charge on any atom is 0.447 e. The standard InChI is InChI=1S/C3H4ClNO3S/c4-1-2-8-3(6)5-9-7/h1-2H2. The lowest BCUT2D eigenvalue weighted by molar-refractivity contribution is 0.165. The first-order valence-corrected chi connectivity index (χ1v) is 3.27. The normalized spacial score (nSPS) is 8.11. The van der Waals surface area contributed by atoms with Crippen molar-refractivity contribution in [1.82, 2.24) is 0 Å². The van der Waals surface area contributed by atoms with Crippen LogP contribution in [0.3, 0.4) is 0 Å². The van der Waals surface area contributed by atoms with E-state index < -0.39 is 6.09 Å². The van der Waals surface area contributed by atoms with E-state index in [4.69, 9.17) is 11.6 Å². The van der Waals surface area contributed by atoms with Crippen molar-refractivity contribution in [3.63, 3.8) is 0 Å². The molecule has 52 valence electrons. The van der Waals surface area contributed by atoms with Crippen LogP contribution in [0.25, 0.3) is 0 Å². The van der Waals surface area contributed by atoms with Crippen molar-refractivity contribution in [2.75, 3.05) is 12.5 Å². The molecule has 9 heavy (non-hydrogen) atoms. The van der Waals surface area contributed by atoms with Gasteiger partial charge < -0.3 is 4.74 Å². The van der Waals surface area contributed by atoms with E-state index in [2.05, 4.69) is 9.10 Å². The van der Waals surface area contributed by atoms with Gasteiger partial charge >= 0.3 is 6.09 Å². The summed E-state index contributed by atoms with van der Waals surface area (Å²) >= 11 is 4.96. The Morgan fingerprint density at radius 1 is 1.78 bits per heavy atom. The molecule has 0 saturated heterocycles. The topological polar surface area (TPSA) is 55.7 Å². The Morgan fingerprint density at radius 3 is 2.89 bits per heavy atom. The number of halogens is 1. The van der Waals surface area contributed by atoms with Crippen molar-refractivity contribution in [3.8, 4) is 0 Å². The van der Waals surface area contributed by atoms with Crippen molar-refractivity contribution in [2.24, 2.45) is 4.36 Å². The SMILES string of the molecule is O=S=NC(=O)OCCCl. The van der Waals surface area contributed by atoms with Crippen LogP contribution in [0.5, 0.6) is 0 Å². The monoisotopic (exact) mass is 169 g/mol. The summed E-state index contributed by atoms with van der Waals surface area (Å²) in [5, 5.41) is 0. The van der Waals surface area contributed by atoms with Gasteiger partial charge in [-0.15, -0.1) is 11.6 Å². The number of rotatable bonds is 2. The summed E-state index contributed by atoms with van der Waals surface area (Å²) in [6, 6.07) is 0. The van der Waals surface area contributed by atoms with Gasteiger partial charge in [0.05, 0.1) is 5.88 Å². The van der Waals surface area contributed by atoms with Gasteiger partial charge in [-0.1, -0.05) is 4.36 Å². The Morgan fingerprint density at radius 2 is 2.44 bits per heavy atom. The number of ether oxygens (including phenoxy) is 1. The summed E-state index contributed by atoms with van der Waals surface area (Å²) < 4.78 is 16.6. The van der Waals surface area contributed by atoms with Gasteiger partial charge in [0.2, 0.25) is 11.5 Å². The molecular weight excluding hydrogens is 166 g/mol. The molecule has 0 bridgehead atoms. The summed E-state index contributed by atoms with van der Waals surface area (Å²) in [5.74, 6) is 0.213. The van der Waals surface area contributed by atoms with E-state index in [9.17, 15) is 9.00 Å². The number of carbonyl (C=O) groups is 1. The highest BCUT2D eigenvalue weighted by atomic mass is 35.5. The van der Waals surface area contributed by atoms with E-state index in [1.165, 1.54) is 0 Å². The quantitative estimate of drug-likeness (QED) is 0.574. The molecule has 0 aromatic carbocycles. The number of amides is 1. The van der Waals surface area contributed by atoms with Crippen LogP contribution in [-0.2, 0) is 16.2 Å². The zero-order chi connectivity index (χ0) is 7.11. The molecule has 0 aliphatic heterocycles. The second-order valence-electron chi connectivity index (χ2n) is 0.969. The maximum atomic E-state index is 10.1. The van der Waals surface area contributed by atoms with Gasteiger partial charge in [0.1, 0.15) is 6.61 Å². The number of nitrogens with zero attached hydrogens (tertiary/aromatic N) is 1. The molecule has 4 nitrogen and oxygen atoms in total. The second-order valence-corrected chi connectivity index (χ2v) is 1.68. The average molecular weight is 170 g/mol. The third-order valence-corrected chi connectivity index (χ3v) is 0.792. The van der Waals surface area contributed by atoms with E-state index in [-0.39, 0.29) is 23.9 Å². The van der Waals surface area contributed by atoms with Gasteiger partial charge in [0.25, 0.3) is 0 Å². The molecule has 0 spiro atoms. The highest BCUT2D eigenvalue weighted by Gasteiger charge is 1.94. The van der Waals surface area contributed by atoms with Crippen LogP contribution in [-0.4, -0.2) is 22.8 Å². The van der Waals surface area contributed by atoms with E-state index in [0.717, 1.165) is 0 Å². The van der Waals surface area contributed by atoms with Crippen LogP contribution < -0.4 is 0 Å². The second kappa shape index (κ2) is 5.71. The van der Waals surface area contributed by atoms with Crippen LogP contribution in [0.2, 0.25) is 0 Å². The molecule has 0 saturated carbocycles. The molecule has 0 unspecified atom stereocenters. The molecule has 0 atom stereocenters. The van der Waals surface area contributed by atoms with Gasteiger partial charge in [-0.25, -0.2) is 4.79 Å². The van der Waals surface area contributed by atoms with Gasteiger partial charge in [-0.3, -0.25) is 0 Å². The number of carbonyl (C=O) groups excluding carboxylic acids is 1. The van der Waals surface area contributed by atoms with Crippen molar-refractivity contribution in [3.05, 3.63) is 0 Å². The van der Waals surface area contributed by atoms with E-state index >= 15 is 0 Å². The first kappa shape index (κ1) is 8.58. The highest BCUT2D eigenvalue weighted by Crippen LogP contribution is 1.83. The molecule has 0 aromatic rings. The summed E-state index contributed by atoms with van der Waals surface area (Å²) in [6.07, 6.45) is -0.879. The Kier molecular flexibility index (Phi) is 5.45. The van der Waals surface area contributed by atoms with Crippen molar-refractivity contribution in [2.45, 2.75) is 0 Å². The Labute approximate surface area is 60.4 Å². The third-order valence-electron chi connectivity index (χ3n) is 0.414. The van der Waals surface area contributed by atoms with Gasteiger partial charge in [0, 0.05) is 0 Å². The van der Waals surface area contributed by atoms with Crippen LogP contribution in [0, 0.1) is 0 Å². The molecule has 0 heterocycles. The molecule has 0 aliphatic rings. The Bertz CT molecular complexity index is 144. The Hall–Kier alpha value is -0.420. The van der Waals surface area contributed by atoms with Gasteiger partial charge in [-0.2, -0.15) is 4.21 Å². The number of hydrogen-bond donors (Lipinski definition) is 0. The lowest BCUT2D eigenvalue weighted by Crippen LogP contribution is -2.00. The molecule has 0 aromatic heterocycles. The predicted molar refractivity (Wildman–Crippen MR) is 32.6 cm³/mol. The Balaban J connectivity index is 3.39. The smallest absolute Gasteiger partial charge is 0.446 e. The molecule has 1 amide bonds. The number of hydrogen-bond acceptors (Lipinski definition) is 3. The fourth-order valence-corrected chi connectivity index (χ4v) is 0.373. The van der Waals surface area contributed by atoms with Crippen molar-refractivity contribution < 1.29 is 13.7 Å². The molecule has 0 N–H and O–H groups in total. The summed E-state index contributed by atoms with van der Waals surface area (Å²) in [5.41, 5.74) is 0. The van der Waals surface area contributed by atoms with E-state index in [1.807, 2.05) is 0 Å². The van der Waals surface area contributed by atoms with E-state index in [1.54, 1.807) is 0 Å². The molecule has 0 fully saturated rings. The highest BCUT2D eigenvalue weighted by molar-refractivity contribution is 7.55. The summed E-state index contributed by atoms with van der Waals surface area (Å²) in [7, 11) is 0. The summed E-state index contributed by atoms with van der Waals surface area (Å²) in [4.78, 5) is 10.1. The van der Waals surface area contributed by atoms with Crippen molar-refractivity contribution in [1.29, 1.82) is 0 Å².